The highest BCUT2D eigenvalue weighted by Gasteiger charge is 2.00. The monoisotopic (exact) mass is 186 g/mol. The predicted octanol–water partition coefficient (Wildman–Crippen LogP) is 1.50. The van der Waals surface area contributed by atoms with E-state index in [1.807, 2.05) is 12.1 Å². The van der Waals surface area contributed by atoms with Crippen molar-refractivity contribution in [2.45, 2.75) is 13.3 Å². The van der Waals surface area contributed by atoms with Crippen LogP contribution >= 0.6 is 0 Å². The van der Waals surface area contributed by atoms with Gasteiger partial charge in [-0.2, -0.15) is 0 Å². The summed E-state index contributed by atoms with van der Waals surface area (Å²) in [6.45, 7) is 2.06. The van der Waals surface area contributed by atoms with Crippen molar-refractivity contribution in [3.63, 3.8) is 0 Å². The fourth-order valence-corrected chi connectivity index (χ4v) is 1.17. The highest BCUT2D eigenvalue weighted by molar-refractivity contribution is 5.52. The van der Waals surface area contributed by atoms with Crippen LogP contribution in [-0.4, -0.2) is 19.9 Å². The molecule has 2 rings (SSSR count). The molecule has 0 saturated heterocycles. The van der Waals surface area contributed by atoms with Crippen molar-refractivity contribution in [3.8, 4) is 11.4 Å². The Morgan fingerprint density at radius 2 is 1.93 bits per heavy atom. The highest BCUT2D eigenvalue weighted by Crippen LogP contribution is 2.12. The third kappa shape index (κ3) is 1.74. The summed E-state index contributed by atoms with van der Waals surface area (Å²) in [7, 11) is 0. The number of aromatic nitrogens is 4. The van der Waals surface area contributed by atoms with Gasteiger partial charge >= 0.3 is 0 Å². The van der Waals surface area contributed by atoms with Gasteiger partial charge in [-0.1, -0.05) is 6.92 Å². The first-order valence-electron chi connectivity index (χ1n) is 4.47. The first kappa shape index (κ1) is 8.74. The van der Waals surface area contributed by atoms with E-state index < -0.39 is 0 Å². The van der Waals surface area contributed by atoms with E-state index in [0.717, 1.165) is 23.5 Å². The minimum atomic E-state index is 0.831. The quantitative estimate of drug-likeness (QED) is 0.713. The van der Waals surface area contributed by atoms with Crippen LogP contribution in [0.5, 0.6) is 0 Å². The number of rotatable bonds is 2. The normalized spacial score (nSPS) is 10.1. The average Bonchev–Trinajstić information content (AvgIpc) is 2.30. The van der Waals surface area contributed by atoms with Gasteiger partial charge in [0.15, 0.2) is 0 Å². The van der Waals surface area contributed by atoms with Gasteiger partial charge in [0.05, 0.1) is 11.4 Å². The molecule has 0 aliphatic rings. The molecule has 0 spiro atoms. The van der Waals surface area contributed by atoms with Crippen LogP contribution in [0.2, 0.25) is 0 Å². The van der Waals surface area contributed by atoms with Gasteiger partial charge in [0.2, 0.25) is 0 Å². The molecular formula is C10H10N4. The van der Waals surface area contributed by atoms with E-state index in [4.69, 9.17) is 0 Å². The second-order valence-corrected chi connectivity index (χ2v) is 2.84. The van der Waals surface area contributed by atoms with E-state index in [0.29, 0.717) is 0 Å². The summed E-state index contributed by atoms with van der Waals surface area (Å²) < 4.78 is 0. The maximum absolute atomic E-state index is 4.16. The van der Waals surface area contributed by atoms with Crippen LogP contribution in [0.1, 0.15) is 12.6 Å². The standard InChI is InChI=1S/C10H10N4/c1-2-8-5-10(14-7-12-8)9-3-4-11-6-13-9/h3-7H,2H2,1H3. The summed E-state index contributed by atoms with van der Waals surface area (Å²) in [6.07, 6.45) is 5.69. The van der Waals surface area contributed by atoms with E-state index in [2.05, 4.69) is 26.9 Å². The van der Waals surface area contributed by atoms with Crippen LogP contribution < -0.4 is 0 Å². The van der Waals surface area contributed by atoms with E-state index in [1.165, 1.54) is 6.33 Å². The maximum atomic E-state index is 4.16. The van der Waals surface area contributed by atoms with Gasteiger partial charge in [-0.05, 0) is 18.6 Å². The van der Waals surface area contributed by atoms with Crippen LogP contribution in [0, 0.1) is 0 Å². The van der Waals surface area contributed by atoms with Crippen molar-refractivity contribution in [3.05, 3.63) is 36.7 Å². The smallest absolute Gasteiger partial charge is 0.116 e. The predicted molar refractivity (Wildman–Crippen MR) is 52.4 cm³/mol. The Balaban J connectivity index is 2.42. The number of hydrogen-bond acceptors (Lipinski definition) is 4. The van der Waals surface area contributed by atoms with Crippen molar-refractivity contribution < 1.29 is 0 Å². The van der Waals surface area contributed by atoms with Crippen molar-refractivity contribution in [2.24, 2.45) is 0 Å². The SMILES string of the molecule is CCc1cc(-c2ccncn2)ncn1. The Hall–Kier alpha value is -1.84. The first-order valence-corrected chi connectivity index (χ1v) is 4.47. The summed E-state index contributed by atoms with van der Waals surface area (Å²) in [4.78, 5) is 16.3. The maximum Gasteiger partial charge on any atom is 0.116 e. The van der Waals surface area contributed by atoms with Gasteiger partial charge < -0.3 is 0 Å². The zero-order valence-corrected chi connectivity index (χ0v) is 7.88. The lowest BCUT2D eigenvalue weighted by Gasteiger charge is -2.00. The molecule has 2 heterocycles. The number of nitrogens with zero attached hydrogens (tertiary/aromatic N) is 4. The summed E-state index contributed by atoms with van der Waals surface area (Å²) in [6, 6.07) is 3.78. The Labute approximate surface area is 82.1 Å². The molecule has 0 aliphatic heterocycles. The van der Waals surface area contributed by atoms with Gasteiger partial charge in [-0.15, -0.1) is 0 Å². The van der Waals surface area contributed by atoms with Crippen molar-refractivity contribution in [1.82, 2.24) is 19.9 Å². The zero-order valence-electron chi connectivity index (χ0n) is 7.88. The summed E-state index contributed by atoms with van der Waals surface area (Å²) in [5, 5.41) is 0. The molecule has 0 bridgehead atoms. The summed E-state index contributed by atoms with van der Waals surface area (Å²) in [5.74, 6) is 0. The van der Waals surface area contributed by atoms with E-state index in [-0.39, 0.29) is 0 Å². The molecule has 2 aromatic rings. The summed E-state index contributed by atoms with van der Waals surface area (Å²) in [5.41, 5.74) is 2.70. The van der Waals surface area contributed by atoms with E-state index in [1.54, 1.807) is 12.5 Å². The first-order chi connectivity index (χ1) is 6.90. The van der Waals surface area contributed by atoms with Gasteiger partial charge in [0.1, 0.15) is 12.7 Å². The molecule has 0 saturated carbocycles. The lowest BCUT2D eigenvalue weighted by Crippen LogP contribution is -1.92. The van der Waals surface area contributed by atoms with Crippen LogP contribution in [0.15, 0.2) is 31.0 Å². The van der Waals surface area contributed by atoms with Crippen molar-refractivity contribution >= 4 is 0 Å². The fraction of sp³-hybridized carbons (Fsp3) is 0.200. The van der Waals surface area contributed by atoms with Gasteiger partial charge in [0.25, 0.3) is 0 Å². The Bertz CT molecular complexity index is 413. The molecule has 0 fully saturated rings. The number of aryl methyl sites for hydroxylation is 1. The topological polar surface area (TPSA) is 51.6 Å². The minimum Gasteiger partial charge on any atom is -0.245 e. The molecule has 0 amide bonds. The van der Waals surface area contributed by atoms with Crippen molar-refractivity contribution in [1.29, 1.82) is 0 Å². The molecule has 0 unspecified atom stereocenters. The lowest BCUT2D eigenvalue weighted by atomic mass is 10.2. The van der Waals surface area contributed by atoms with Gasteiger partial charge in [0, 0.05) is 11.9 Å². The zero-order chi connectivity index (χ0) is 9.80. The molecule has 0 N–H and O–H groups in total. The van der Waals surface area contributed by atoms with Crippen molar-refractivity contribution in [2.75, 3.05) is 0 Å². The number of hydrogen-bond donors (Lipinski definition) is 0. The van der Waals surface area contributed by atoms with E-state index in [9.17, 15) is 0 Å². The van der Waals surface area contributed by atoms with E-state index >= 15 is 0 Å². The molecule has 2 aromatic heterocycles. The molecule has 0 radical (unpaired) electrons. The third-order valence-corrected chi connectivity index (χ3v) is 1.93. The molecule has 0 aromatic carbocycles. The molecule has 0 aliphatic carbocycles. The third-order valence-electron chi connectivity index (χ3n) is 1.93. The minimum absolute atomic E-state index is 0.831. The van der Waals surface area contributed by atoms with Crippen LogP contribution in [0.3, 0.4) is 0 Å². The lowest BCUT2D eigenvalue weighted by molar-refractivity contribution is 0.996. The Kier molecular flexibility index (Phi) is 2.44. The van der Waals surface area contributed by atoms with Gasteiger partial charge in [-0.25, -0.2) is 19.9 Å². The van der Waals surface area contributed by atoms with Crippen LogP contribution in [-0.2, 0) is 6.42 Å². The average molecular weight is 186 g/mol. The fourth-order valence-electron chi connectivity index (χ4n) is 1.17. The summed E-state index contributed by atoms with van der Waals surface area (Å²) >= 11 is 0. The van der Waals surface area contributed by atoms with Crippen LogP contribution in [0.25, 0.3) is 11.4 Å². The molecule has 4 heteroatoms. The molecule has 70 valence electrons. The largest absolute Gasteiger partial charge is 0.245 e. The van der Waals surface area contributed by atoms with Crippen LogP contribution in [0.4, 0.5) is 0 Å². The molecule has 14 heavy (non-hydrogen) atoms. The Morgan fingerprint density at radius 3 is 2.64 bits per heavy atom. The van der Waals surface area contributed by atoms with Gasteiger partial charge in [-0.3, -0.25) is 0 Å². The second kappa shape index (κ2) is 3.91. The highest BCUT2D eigenvalue weighted by atomic mass is 14.9. The Morgan fingerprint density at radius 1 is 1.07 bits per heavy atom. The molecule has 0 atom stereocenters. The molecular weight excluding hydrogens is 176 g/mol. The molecule has 4 nitrogen and oxygen atoms in total. The second-order valence-electron chi connectivity index (χ2n) is 2.84.